The molecule has 0 radical (unpaired) electrons. The summed E-state index contributed by atoms with van der Waals surface area (Å²) in [4.78, 5) is 21.1. The molecule has 0 bridgehead atoms. The van der Waals surface area contributed by atoms with E-state index in [2.05, 4.69) is 5.32 Å². The molecule has 1 amide bonds. The molecule has 0 aromatic carbocycles. The normalized spacial score (nSPS) is 14.6. The van der Waals surface area contributed by atoms with Crippen molar-refractivity contribution in [1.29, 1.82) is 0 Å². The van der Waals surface area contributed by atoms with Gasteiger partial charge in [-0.25, -0.2) is 4.79 Å². The van der Waals surface area contributed by atoms with Gasteiger partial charge in [-0.15, -0.1) is 0 Å². The lowest BCUT2D eigenvalue weighted by molar-refractivity contribution is -0.410. The van der Waals surface area contributed by atoms with E-state index in [0.29, 0.717) is 19.7 Å². The van der Waals surface area contributed by atoms with Crippen LogP contribution in [0.2, 0.25) is 0 Å². The van der Waals surface area contributed by atoms with E-state index in [9.17, 15) is 14.9 Å². The lowest BCUT2D eigenvalue weighted by Crippen LogP contribution is -2.34. The number of methoxy groups -OCH3 is 1. The number of nitrogens with two attached hydrogens (primary N) is 1. The number of carbonyl (C=O) groups excluding carboxylic acids is 1. The maximum atomic E-state index is 11.5. The molecule has 0 rings (SSSR count). The van der Waals surface area contributed by atoms with Crippen molar-refractivity contribution in [3.05, 3.63) is 22.3 Å². The Morgan fingerprint density at radius 3 is 2.78 bits per heavy atom. The van der Waals surface area contributed by atoms with E-state index in [4.69, 9.17) is 10.5 Å². The van der Waals surface area contributed by atoms with E-state index in [0.717, 1.165) is 0 Å². The van der Waals surface area contributed by atoms with Crippen LogP contribution >= 0.6 is 0 Å². The highest BCUT2D eigenvalue weighted by Crippen LogP contribution is 2.24. The number of hydrogen-bond acceptors (Lipinski definition) is 6. The summed E-state index contributed by atoms with van der Waals surface area (Å²) in [5, 5.41) is 13.6. The molecular weight excluding hydrogens is 238 g/mol. The van der Waals surface area contributed by atoms with Crippen molar-refractivity contribution in [1.82, 2.24) is 5.32 Å². The van der Waals surface area contributed by atoms with Gasteiger partial charge in [0.05, 0.1) is 6.61 Å². The summed E-state index contributed by atoms with van der Waals surface area (Å²) < 4.78 is 4.85. The monoisotopic (exact) mass is 259 g/mol. The molecule has 0 unspecified atom stereocenters. The van der Waals surface area contributed by atoms with Crippen molar-refractivity contribution in [2.45, 2.75) is 13.3 Å². The minimum Gasteiger partial charge on any atom is -0.383 e. The summed E-state index contributed by atoms with van der Waals surface area (Å²) in [5.41, 5.74) is 4.24. The number of amides is 1. The zero-order valence-corrected chi connectivity index (χ0v) is 10.8. The van der Waals surface area contributed by atoms with Gasteiger partial charge in [-0.1, -0.05) is 12.2 Å². The highest BCUT2D eigenvalue weighted by Gasteiger charge is 2.39. The largest absolute Gasteiger partial charge is 0.454 e. The SMILES string of the molecule is COCCNC/C=C\[C@](C)(CCN)C(=O)[N+](=O)[O-]. The predicted molar refractivity (Wildman–Crippen MR) is 67.7 cm³/mol. The number of nitro groups is 1. The van der Waals surface area contributed by atoms with Gasteiger partial charge in [0, 0.05) is 20.2 Å². The quantitative estimate of drug-likeness (QED) is 0.260. The number of ether oxygens (including phenoxy) is 1. The fourth-order valence-electron chi connectivity index (χ4n) is 1.45. The molecule has 0 aliphatic heterocycles. The molecule has 0 heterocycles. The molecule has 18 heavy (non-hydrogen) atoms. The number of hydrogen-bond donors (Lipinski definition) is 2. The van der Waals surface area contributed by atoms with Gasteiger partial charge in [-0.2, -0.15) is 0 Å². The molecule has 7 nitrogen and oxygen atoms in total. The van der Waals surface area contributed by atoms with Crippen LogP contribution in [-0.2, 0) is 9.53 Å². The lowest BCUT2D eigenvalue weighted by Gasteiger charge is -2.17. The van der Waals surface area contributed by atoms with E-state index < -0.39 is 16.2 Å². The molecular formula is C11H21N3O4. The summed E-state index contributed by atoms with van der Waals surface area (Å²) in [7, 11) is 1.60. The van der Waals surface area contributed by atoms with Crippen LogP contribution in [-0.4, -0.2) is 44.2 Å². The summed E-state index contributed by atoms with van der Waals surface area (Å²) >= 11 is 0. The van der Waals surface area contributed by atoms with E-state index in [1.165, 1.54) is 6.92 Å². The molecule has 0 saturated heterocycles. The van der Waals surface area contributed by atoms with Crippen LogP contribution < -0.4 is 11.1 Å². The van der Waals surface area contributed by atoms with Crippen LogP contribution in [0.25, 0.3) is 0 Å². The fraction of sp³-hybridized carbons (Fsp3) is 0.727. The standard InChI is InChI=1S/C11H21N3O4/c1-11(5-6-12,10(15)14(16)17)4-3-7-13-8-9-18-2/h3-4,13H,5-9,12H2,1-2H3/b4-3-/t11-/m1/s1. The maximum Gasteiger partial charge on any atom is 0.454 e. The third-order valence-corrected chi connectivity index (χ3v) is 2.55. The Hall–Kier alpha value is -1.31. The van der Waals surface area contributed by atoms with Crippen LogP contribution in [0.3, 0.4) is 0 Å². The predicted octanol–water partition coefficient (Wildman–Crippen LogP) is -0.0630. The summed E-state index contributed by atoms with van der Waals surface area (Å²) in [6.07, 6.45) is 3.50. The third kappa shape index (κ3) is 5.85. The van der Waals surface area contributed by atoms with Crippen molar-refractivity contribution in [3.8, 4) is 0 Å². The first-order valence-corrected chi connectivity index (χ1v) is 5.74. The number of carbonyl (C=O) groups is 1. The van der Waals surface area contributed by atoms with Gasteiger partial charge in [0.2, 0.25) is 0 Å². The molecule has 0 aliphatic rings. The van der Waals surface area contributed by atoms with Gasteiger partial charge in [-0.05, 0) is 19.9 Å². The van der Waals surface area contributed by atoms with E-state index >= 15 is 0 Å². The van der Waals surface area contributed by atoms with Gasteiger partial charge in [0.25, 0.3) is 0 Å². The van der Waals surface area contributed by atoms with Gasteiger partial charge in [0.15, 0.2) is 0 Å². The number of nitrogens with zero attached hydrogens (tertiary/aromatic N) is 1. The minimum atomic E-state index is -1.14. The molecule has 0 aromatic rings. The van der Waals surface area contributed by atoms with Crippen molar-refractivity contribution >= 4 is 5.91 Å². The van der Waals surface area contributed by atoms with Gasteiger partial charge >= 0.3 is 5.91 Å². The fourth-order valence-corrected chi connectivity index (χ4v) is 1.45. The molecule has 1 atom stereocenters. The lowest BCUT2D eigenvalue weighted by atomic mass is 9.85. The first-order valence-electron chi connectivity index (χ1n) is 5.74. The van der Waals surface area contributed by atoms with Crippen molar-refractivity contribution in [3.63, 3.8) is 0 Å². The summed E-state index contributed by atoms with van der Waals surface area (Å²) in [5.74, 6) is -1.03. The molecule has 0 fully saturated rings. The maximum absolute atomic E-state index is 11.5. The molecule has 0 aliphatic carbocycles. The Bertz CT molecular complexity index is 307. The molecule has 0 aromatic heterocycles. The molecule has 3 N–H and O–H groups in total. The molecule has 7 heteroatoms. The number of rotatable bonds is 9. The Kier molecular flexibility index (Phi) is 8.10. The zero-order chi connectivity index (χ0) is 14.0. The van der Waals surface area contributed by atoms with Crippen molar-refractivity contribution in [2.75, 3.05) is 33.4 Å². The van der Waals surface area contributed by atoms with Crippen molar-refractivity contribution < 1.29 is 14.5 Å². The average molecular weight is 259 g/mol. The topological polar surface area (TPSA) is 107 Å². The van der Waals surface area contributed by atoms with Crippen LogP contribution in [0.15, 0.2) is 12.2 Å². The number of nitrogens with one attached hydrogen (secondary N) is 1. The van der Waals surface area contributed by atoms with Gasteiger partial charge in [0.1, 0.15) is 10.3 Å². The van der Waals surface area contributed by atoms with Crippen LogP contribution in [0.5, 0.6) is 0 Å². The van der Waals surface area contributed by atoms with Crippen LogP contribution in [0.1, 0.15) is 13.3 Å². The second-order valence-corrected chi connectivity index (χ2v) is 4.12. The summed E-state index contributed by atoms with van der Waals surface area (Å²) in [6, 6.07) is 0. The van der Waals surface area contributed by atoms with Crippen molar-refractivity contribution in [2.24, 2.45) is 11.1 Å². The first-order chi connectivity index (χ1) is 8.48. The average Bonchev–Trinajstić information content (AvgIpc) is 2.33. The Balaban J connectivity index is 4.38. The Morgan fingerprint density at radius 1 is 1.61 bits per heavy atom. The Morgan fingerprint density at radius 2 is 2.28 bits per heavy atom. The van der Waals surface area contributed by atoms with Crippen LogP contribution in [0.4, 0.5) is 0 Å². The molecule has 104 valence electrons. The smallest absolute Gasteiger partial charge is 0.383 e. The summed E-state index contributed by atoms with van der Waals surface area (Å²) in [6.45, 7) is 3.53. The highest BCUT2D eigenvalue weighted by atomic mass is 16.6. The van der Waals surface area contributed by atoms with E-state index in [-0.39, 0.29) is 13.0 Å². The minimum absolute atomic E-state index is 0.220. The highest BCUT2D eigenvalue weighted by molar-refractivity contribution is 5.76. The molecule has 0 saturated carbocycles. The van der Waals surface area contributed by atoms with Gasteiger partial charge < -0.3 is 15.8 Å². The van der Waals surface area contributed by atoms with E-state index in [1.807, 2.05) is 0 Å². The Labute approximate surface area is 107 Å². The zero-order valence-electron chi connectivity index (χ0n) is 10.8. The van der Waals surface area contributed by atoms with E-state index in [1.54, 1.807) is 19.3 Å². The first kappa shape index (κ1) is 16.7. The van der Waals surface area contributed by atoms with Gasteiger partial charge in [-0.3, -0.25) is 10.1 Å². The molecule has 0 spiro atoms. The second kappa shape index (κ2) is 8.73. The third-order valence-electron chi connectivity index (χ3n) is 2.55. The van der Waals surface area contributed by atoms with Crippen LogP contribution in [0, 0.1) is 15.5 Å². The second-order valence-electron chi connectivity index (χ2n) is 4.12.